The Kier molecular flexibility index (Phi) is 3.18. The summed E-state index contributed by atoms with van der Waals surface area (Å²) in [5, 5.41) is 6.50. The monoisotopic (exact) mass is 231 g/mol. The van der Waals surface area contributed by atoms with Gasteiger partial charge in [0.25, 0.3) is 5.91 Å². The van der Waals surface area contributed by atoms with Crippen LogP contribution in [-0.4, -0.2) is 16.0 Å². The smallest absolute Gasteiger partial charge is 0.290 e. The van der Waals surface area contributed by atoms with Crippen molar-refractivity contribution in [3.8, 4) is 0 Å². The van der Waals surface area contributed by atoms with Crippen LogP contribution in [-0.2, 0) is 0 Å². The molecule has 1 amide bonds. The van der Waals surface area contributed by atoms with Gasteiger partial charge in [0.15, 0.2) is 0 Å². The van der Waals surface area contributed by atoms with E-state index in [-0.39, 0.29) is 17.7 Å². The van der Waals surface area contributed by atoms with Crippen LogP contribution in [0.5, 0.6) is 0 Å². The Morgan fingerprint density at radius 3 is 2.71 bits per heavy atom. The van der Waals surface area contributed by atoms with Crippen molar-refractivity contribution >= 4 is 5.91 Å². The van der Waals surface area contributed by atoms with Crippen LogP contribution in [0.1, 0.15) is 34.8 Å². The van der Waals surface area contributed by atoms with E-state index in [9.17, 15) is 4.79 Å². The van der Waals surface area contributed by atoms with Crippen molar-refractivity contribution in [1.29, 1.82) is 0 Å². The van der Waals surface area contributed by atoms with Gasteiger partial charge in [0.2, 0.25) is 5.76 Å². The lowest BCUT2D eigenvalue weighted by atomic mass is 10.1. The predicted molar refractivity (Wildman–Crippen MR) is 61.4 cm³/mol. The second-order valence-corrected chi connectivity index (χ2v) is 3.81. The minimum absolute atomic E-state index is 0.101. The van der Waals surface area contributed by atoms with Crippen LogP contribution in [0.25, 0.3) is 0 Å². The molecule has 0 spiro atoms. The van der Waals surface area contributed by atoms with Gasteiger partial charge in [0, 0.05) is 18.5 Å². The van der Waals surface area contributed by atoms with Crippen molar-refractivity contribution < 1.29 is 9.32 Å². The van der Waals surface area contributed by atoms with Crippen molar-refractivity contribution in [3.05, 3.63) is 47.6 Å². The molecule has 1 atom stereocenters. The van der Waals surface area contributed by atoms with Gasteiger partial charge < -0.3 is 9.84 Å². The summed E-state index contributed by atoms with van der Waals surface area (Å²) in [5.41, 5.74) is 1.68. The summed E-state index contributed by atoms with van der Waals surface area (Å²) in [4.78, 5) is 15.7. The maximum Gasteiger partial charge on any atom is 0.290 e. The number of aromatic nitrogens is 2. The Labute approximate surface area is 98.8 Å². The van der Waals surface area contributed by atoms with Gasteiger partial charge in [-0.1, -0.05) is 5.16 Å². The molecule has 17 heavy (non-hydrogen) atoms. The van der Waals surface area contributed by atoms with Crippen LogP contribution >= 0.6 is 0 Å². The topological polar surface area (TPSA) is 68.0 Å². The Morgan fingerprint density at radius 2 is 2.12 bits per heavy atom. The Bertz CT molecular complexity index is 507. The Morgan fingerprint density at radius 1 is 1.41 bits per heavy atom. The minimum atomic E-state index is -0.269. The normalized spacial score (nSPS) is 12.1. The minimum Gasteiger partial charge on any atom is -0.351 e. The fraction of sp³-hybridized carbons (Fsp3) is 0.250. The molecule has 0 bridgehead atoms. The van der Waals surface area contributed by atoms with Gasteiger partial charge in [-0.05, 0) is 31.5 Å². The van der Waals surface area contributed by atoms with Gasteiger partial charge in [-0.25, -0.2) is 0 Å². The molecule has 5 heteroatoms. The van der Waals surface area contributed by atoms with E-state index in [1.54, 1.807) is 25.4 Å². The van der Waals surface area contributed by atoms with Crippen molar-refractivity contribution in [2.45, 2.75) is 19.9 Å². The lowest BCUT2D eigenvalue weighted by Gasteiger charge is -2.12. The van der Waals surface area contributed by atoms with Gasteiger partial charge in [0.1, 0.15) is 0 Å². The van der Waals surface area contributed by atoms with E-state index in [4.69, 9.17) is 4.52 Å². The van der Waals surface area contributed by atoms with E-state index in [2.05, 4.69) is 15.5 Å². The first-order valence-corrected chi connectivity index (χ1v) is 5.31. The maximum atomic E-state index is 11.8. The summed E-state index contributed by atoms with van der Waals surface area (Å²) in [7, 11) is 0. The second kappa shape index (κ2) is 4.78. The lowest BCUT2D eigenvalue weighted by Crippen LogP contribution is -2.26. The molecule has 0 fully saturated rings. The molecule has 2 heterocycles. The number of nitrogens with zero attached hydrogens (tertiary/aromatic N) is 2. The summed E-state index contributed by atoms with van der Waals surface area (Å²) < 4.78 is 4.89. The van der Waals surface area contributed by atoms with E-state index < -0.39 is 0 Å². The average molecular weight is 231 g/mol. The summed E-state index contributed by atoms with van der Waals surface area (Å²) in [5.74, 6) is -0.0432. The first-order chi connectivity index (χ1) is 8.16. The number of carbonyl (C=O) groups excluding carboxylic acids is 1. The number of carbonyl (C=O) groups is 1. The van der Waals surface area contributed by atoms with Crippen LogP contribution in [0, 0.1) is 6.92 Å². The number of hydrogen-bond donors (Lipinski definition) is 1. The molecule has 2 aromatic heterocycles. The zero-order chi connectivity index (χ0) is 12.3. The van der Waals surface area contributed by atoms with Gasteiger partial charge in [0.05, 0.1) is 11.7 Å². The molecular weight excluding hydrogens is 218 g/mol. The van der Waals surface area contributed by atoms with Crippen molar-refractivity contribution in [1.82, 2.24) is 15.5 Å². The van der Waals surface area contributed by atoms with Gasteiger partial charge in [-0.15, -0.1) is 0 Å². The fourth-order valence-electron chi connectivity index (χ4n) is 1.47. The maximum absolute atomic E-state index is 11.8. The van der Waals surface area contributed by atoms with E-state index in [0.29, 0.717) is 5.69 Å². The summed E-state index contributed by atoms with van der Waals surface area (Å²) in [6, 6.07) is 5.22. The number of rotatable bonds is 3. The summed E-state index contributed by atoms with van der Waals surface area (Å²) in [6.07, 6.45) is 3.38. The second-order valence-electron chi connectivity index (χ2n) is 3.81. The fourth-order valence-corrected chi connectivity index (χ4v) is 1.47. The predicted octanol–water partition coefficient (Wildman–Crippen LogP) is 1.87. The molecular formula is C12H13N3O2. The molecule has 0 aromatic carbocycles. The standard InChI is InChI=1S/C12H13N3O2/c1-8-7-11(17-15-8)12(16)14-9(2)10-3-5-13-6-4-10/h3-7,9H,1-2H3,(H,14,16)/t9-/m0/s1. The molecule has 1 N–H and O–H groups in total. The average Bonchev–Trinajstić information content (AvgIpc) is 2.77. The zero-order valence-corrected chi connectivity index (χ0v) is 9.68. The molecule has 0 radical (unpaired) electrons. The molecule has 0 saturated carbocycles. The Balaban J connectivity index is 2.04. The molecule has 5 nitrogen and oxygen atoms in total. The lowest BCUT2D eigenvalue weighted by molar-refractivity contribution is 0.0902. The molecule has 2 aromatic rings. The highest BCUT2D eigenvalue weighted by Gasteiger charge is 2.14. The molecule has 0 aliphatic rings. The molecule has 2 rings (SSSR count). The highest BCUT2D eigenvalue weighted by atomic mass is 16.5. The Hall–Kier alpha value is -2.17. The van der Waals surface area contributed by atoms with Crippen molar-refractivity contribution in [2.24, 2.45) is 0 Å². The number of amides is 1. The van der Waals surface area contributed by atoms with Crippen LogP contribution in [0.3, 0.4) is 0 Å². The highest BCUT2D eigenvalue weighted by Crippen LogP contribution is 2.11. The van der Waals surface area contributed by atoms with Gasteiger partial charge >= 0.3 is 0 Å². The third kappa shape index (κ3) is 2.69. The van der Waals surface area contributed by atoms with Crippen LogP contribution < -0.4 is 5.32 Å². The van der Waals surface area contributed by atoms with E-state index in [1.807, 2.05) is 19.1 Å². The van der Waals surface area contributed by atoms with E-state index in [0.717, 1.165) is 5.56 Å². The third-order valence-corrected chi connectivity index (χ3v) is 2.41. The van der Waals surface area contributed by atoms with Crippen LogP contribution in [0.2, 0.25) is 0 Å². The zero-order valence-electron chi connectivity index (χ0n) is 9.68. The van der Waals surface area contributed by atoms with Gasteiger partial charge in [-0.2, -0.15) is 0 Å². The molecule has 0 aliphatic carbocycles. The van der Waals surface area contributed by atoms with E-state index >= 15 is 0 Å². The van der Waals surface area contributed by atoms with Gasteiger partial charge in [-0.3, -0.25) is 9.78 Å². The van der Waals surface area contributed by atoms with E-state index in [1.165, 1.54) is 0 Å². The molecule has 0 unspecified atom stereocenters. The van der Waals surface area contributed by atoms with Crippen LogP contribution in [0.15, 0.2) is 35.1 Å². The SMILES string of the molecule is Cc1cc(C(=O)N[C@@H](C)c2ccncc2)on1. The highest BCUT2D eigenvalue weighted by molar-refractivity contribution is 5.91. The van der Waals surface area contributed by atoms with Crippen molar-refractivity contribution in [2.75, 3.05) is 0 Å². The third-order valence-electron chi connectivity index (χ3n) is 2.41. The number of pyridine rings is 1. The molecule has 0 saturated heterocycles. The molecule has 88 valence electrons. The number of nitrogens with one attached hydrogen (secondary N) is 1. The number of hydrogen-bond acceptors (Lipinski definition) is 4. The molecule has 0 aliphatic heterocycles. The quantitative estimate of drug-likeness (QED) is 0.875. The summed E-state index contributed by atoms with van der Waals surface area (Å²) >= 11 is 0. The first-order valence-electron chi connectivity index (χ1n) is 5.31. The summed E-state index contributed by atoms with van der Waals surface area (Å²) in [6.45, 7) is 3.67. The largest absolute Gasteiger partial charge is 0.351 e. The van der Waals surface area contributed by atoms with Crippen molar-refractivity contribution in [3.63, 3.8) is 0 Å². The number of aryl methyl sites for hydroxylation is 1. The first kappa shape index (κ1) is 11.3. The van der Waals surface area contributed by atoms with Crippen LogP contribution in [0.4, 0.5) is 0 Å².